The number of rotatable bonds is 5. The lowest BCUT2D eigenvalue weighted by molar-refractivity contribution is -0.142. The maximum atomic E-state index is 15.9. The highest BCUT2D eigenvalue weighted by Crippen LogP contribution is 2.44. The van der Waals surface area contributed by atoms with Crippen molar-refractivity contribution in [3.05, 3.63) is 59.2 Å². The van der Waals surface area contributed by atoms with E-state index in [1.165, 1.54) is 26.2 Å². The van der Waals surface area contributed by atoms with Gasteiger partial charge in [-0.25, -0.2) is 9.78 Å². The van der Waals surface area contributed by atoms with Gasteiger partial charge >= 0.3 is 12.1 Å². The number of amides is 1. The Morgan fingerprint density at radius 2 is 1.81 bits per heavy atom. The van der Waals surface area contributed by atoms with Gasteiger partial charge in [-0.1, -0.05) is 36.4 Å². The van der Waals surface area contributed by atoms with Gasteiger partial charge in [-0.2, -0.15) is 8.78 Å². The maximum absolute atomic E-state index is 15.9. The van der Waals surface area contributed by atoms with Crippen molar-refractivity contribution in [3.8, 4) is 0 Å². The molecule has 1 N–H and O–H groups in total. The number of aliphatic carboxylic acids is 1. The second-order valence-corrected chi connectivity index (χ2v) is 9.76. The zero-order valence-electron chi connectivity index (χ0n) is 20.9. The zero-order chi connectivity index (χ0) is 26.3. The Hall–Kier alpha value is -3.69. The lowest BCUT2D eigenvalue weighted by atomic mass is 9.97. The molecule has 1 atom stereocenters. The summed E-state index contributed by atoms with van der Waals surface area (Å²) in [5, 5.41) is 9.43. The van der Waals surface area contributed by atoms with E-state index < -0.39 is 29.9 Å². The summed E-state index contributed by atoms with van der Waals surface area (Å²) in [5.74, 6) is -4.10. The van der Waals surface area contributed by atoms with Crippen LogP contribution in [0.25, 0.3) is 11.0 Å². The molecule has 0 spiro atoms. The fourth-order valence-corrected chi connectivity index (χ4v) is 5.46. The predicted octanol–water partition coefficient (Wildman–Crippen LogP) is 4.81. The van der Waals surface area contributed by atoms with Crippen LogP contribution >= 0.6 is 0 Å². The number of nitrogens with zero attached hydrogens (tertiary/aromatic N) is 4. The summed E-state index contributed by atoms with van der Waals surface area (Å²) >= 11 is 0. The third-order valence-corrected chi connectivity index (χ3v) is 7.68. The topological polar surface area (TPSA) is 87.9 Å². The van der Waals surface area contributed by atoms with E-state index in [1.807, 2.05) is 17.0 Å². The lowest BCUT2D eigenvalue weighted by Crippen LogP contribution is -2.39. The highest BCUT2D eigenvalue weighted by molar-refractivity contribution is 5.85. The number of benzene rings is 2. The van der Waals surface area contributed by atoms with Crippen molar-refractivity contribution in [3.63, 3.8) is 0 Å². The van der Waals surface area contributed by atoms with Crippen LogP contribution in [0.1, 0.15) is 42.5 Å². The highest BCUT2D eigenvalue weighted by atomic mass is 19.3. The van der Waals surface area contributed by atoms with E-state index in [2.05, 4.69) is 0 Å². The molecule has 3 heterocycles. The highest BCUT2D eigenvalue weighted by Gasteiger charge is 2.42. The summed E-state index contributed by atoms with van der Waals surface area (Å²) < 4.78 is 38.3. The molecular weight excluding hydrogens is 482 g/mol. The standard InChI is InChI=1S/C27H30F2N4O4/c1-17(27(28,29)20-6-4-3-5-7-20)33-22-9-8-18-10-15-32(26(36)37-2)16-21(18)23(22)30-25(33)31-13-11-19(12-14-31)24(34)35/h3-9,17,19H,10-16H2,1-2H3,(H,34,35)/t17-/m1/s1. The fraction of sp³-hybridized carbons (Fsp3) is 0.444. The average molecular weight is 513 g/mol. The van der Waals surface area contributed by atoms with Gasteiger partial charge in [0.05, 0.1) is 30.6 Å². The molecular formula is C27H30F2N4O4. The normalized spacial score (nSPS) is 17.5. The number of halogens is 2. The molecule has 8 nitrogen and oxygen atoms in total. The molecule has 1 fully saturated rings. The summed E-state index contributed by atoms with van der Waals surface area (Å²) in [6, 6.07) is 10.2. The molecule has 1 amide bonds. The minimum Gasteiger partial charge on any atom is -0.481 e. The van der Waals surface area contributed by atoms with Crippen LogP contribution in [0.3, 0.4) is 0 Å². The number of fused-ring (bicyclic) bond motifs is 3. The lowest BCUT2D eigenvalue weighted by Gasteiger charge is -2.34. The third-order valence-electron chi connectivity index (χ3n) is 7.68. The number of ether oxygens (including phenoxy) is 1. The molecule has 1 aromatic heterocycles. The number of carboxylic acid groups (broad SMARTS) is 1. The van der Waals surface area contributed by atoms with Gasteiger partial charge < -0.3 is 24.2 Å². The molecule has 5 rings (SSSR count). The Bertz CT molecular complexity index is 1320. The number of carbonyl (C=O) groups excluding carboxylic acids is 1. The predicted molar refractivity (Wildman–Crippen MR) is 134 cm³/mol. The Morgan fingerprint density at radius 3 is 2.46 bits per heavy atom. The van der Waals surface area contributed by atoms with Crippen LogP contribution in [0.4, 0.5) is 19.5 Å². The van der Waals surface area contributed by atoms with Crippen molar-refractivity contribution < 1.29 is 28.2 Å². The zero-order valence-corrected chi connectivity index (χ0v) is 20.9. The quantitative estimate of drug-likeness (QED) is 0.528. The molecule has 0 aliphatic carbocycles. The summed E-state index contributed by atoms with van der Waals surface area (Å²) in [6.45, 7) is 3.08. The summed E-state index contributed by atoms with van der Waals surface area (Å²) in [6.07, 6.45) is 0.997. The minimum absolute atomic E-state index is 0.0882. The monoisotopic (exact) mass is 512 g/mol. The van der Waals surface area contributed by atoms with E-state index in [1.54, 1.807) is 27.7 Å². The molecule has 2 aliphatic rings. The summed E-state index contributed by atoms with van der Waals surface area (Å²) in [5.41, 5.74) is 2.90. The largest absolute Gasteiger partial charge is 0.481 e. The Balaban J connectivity index is 1.63. The van der Waals surface area contributed by atoms with Gasteiger partial charge in [-0.05, 0) is 37.8 Å². The van der Waals surface area contributed by atoms with Gasteiger partial charge in [0.1, 0.15) is 6.04 Å². The average Bonchev–Trinajstić information content (AvgIpc) is 3.32. The van der Waals surface area contributed by atoms with E-state index in [0.717, 1.165) is 11.1 Å². The van der Waals surface area contributed by atoms with Crippen molar-refractivity contribution in [2.75, 3.05) is 31.6 Å². The van der Waals surface area contributed by atoms with Crippen LogP contribution in [0.2, 0.25) is 0 Å². The number of hydrogen-bond acceptors (Lipinski definition) is 5. The first-order valence-corrected chi connectivity index (χ1v) is 12.5. The molecule has 0 unspecified atom stereocenters. The smallest absolute Gasteiger partial charge is 0.409 e. The fourth-order valence-electron chi connectivity index (χ4n) is 5.46. The van der Waals surface area contributed by atoms with Gasteiger partial charge in [0.25, 0.3) is 5.92 Å². The van der Waals surface area contributed by atoms with E-state index in [0.29, 0.717) is 55.9 Å². The molecule has 196 valence electrons. The SMILES string of the molecule is COC(=O)N1CCc2ccc3c(nc(N4CCC(C(=O)O)CC4)n3[C@H](C)C(F)(F)c3ccccc3)c2C1. The molecule has 0 bridgehead atoms. The van der Waals surface area contributed by atoms with E-state index >= 15 is 8.78 Å². The van der Waals surface area contributed by atoms with Crippen molar-refractivity contribution in [1.29, 1.82) is 0 Å². The van der Waals surface area contributed by atoms with Crippen molar-refractivity contribution >= 4 is 29.0 Å². The number of imidazole rings is 1. The number of methoxy groups -OCH3 is 1. The van der Waals surface area contributed by atoms with E-state index in [9.17, 15) is 14.7 Å². The third kappa shape index (κ3) is 4.38. The van der Waals surface area contributed by atoms with Gasteiger partial charge in [-0.15, -0.1) is 0 Å². The van der Waals surface area contributed by atoms with Crippen LogP contribution in [0.15, 0.2) is 42.5 Å². The second-order valence-electron chi connectivity index (χ2n) is 9.76. The van der Waals surface area contributed by atoms with Gasteiger partial charge in [0.15, 0.2) is 0 Å². The van der Waals surface area contributed by atoms with Crippen LogP contribution in [-0.4, -0.2) is 58.4 Å². The molecule has 2 aliphatic heterocycles. The summed E-state index contributed by atoms with van der Waals surface area (Å²) in [7, 11) is 1.33. The van der Waals surface area contributed by atoms with Gasteiger partial charge in [0.2, 0.25) is 5.95 Å². The Kier molecular flexibility index (Phi) is 6.51. The van der Waals surface area contributed by atoms with Crippen LogP contribution in [0.5, 0.6) is 0 Å². The van der Waals surface area contributed by atoms with Gasteiger partial charge in [-0.3, -0.25) is 4.79 Å². The number of hydrogen-bond donors (Lipinski definition) is 1. The number of carbonyl (C=O) groups is 2. The van der Waals surface area contributed by atoms with E-state index in [-0.39, 0.29) is 12.1 Å². The van der Waals surface area contributed by atoms with Crippen LogP contribution in [0, 0.1) is 5.92 Å². The van der Waals surface area contributed by atoms with Crippen LogP contribution < -0.4 is 4.90 Å². The minimum atomic E-state index is -3.20. The first-order chi connectivity index (χ1) is 17.7. The maximum Gasteiger partial charge on any atom is 0.409 e. The van der Waals surface area contributed by atoms with Crippen LogP contribution in [-0.2, 0) is 28.4 Å². The Morgan fingerprint density at radius 1 is 1.11 bits per heavy atom. The van der Waals surface area contributed by atoms with Crippen molar-refractivity contribution in [2.24, 2.45) is 5.92 Å². The molecule has 1 saturated heterocycles. The number of aromatic nitrogens is 2. The van der Waals surface area contributed by atoms with Crippen molar-refractivity contribution in [1.82, 2.24) is 14.5 Å². The number of alkyl halides is 2. The van der Waals surface area contributed by atoms with Gasteiger partial charge in [0, 0.05) is 30.8 Å². The first kappa shape index (κ1) is 25.0. The molecule has 0 radical (unpaired) electrons. The molecule has 0 saturated carbocycles. The molecule has 2 aromatic carbocycles. The molecule has 3 aromatic rings. The molecule has 37 heavy (non-hydrogen) atoms. The van der Waals surface area contributed by atoms with E-state index in [4.69, 9.17) is 9.72 Å². The second kappa shape index (κ2) is 9.64. The number of carboxylic acids is 1. The molecule has 10 heteroatoms. The number of piperidine rings is 1. The summed E-state index contributed by atoms with van der Waals surface area (Å²) in [4.78, 5) is 32.1. The number of anilines is 1. The van der Waals surface area contributed by atoms with Crippen molar-refractivity contribution in [2.45, 2.75) is 44.7 Å². The first-order valence-electron chi connectivity index (χ1n) is 12.5. The Labute approximate surface area is 213 Å².